The van der Waals surface area contributed by atoms with Gasteiger partial charge < -0.3 is 19.9 Å². The molecule has 1 aliphatic rings. The van der Waals surface area contributed by atoms with E-state index in [1.807, 2.05) is 0 Å². The minimum atomic E-state index is -0.443. The first-order valence-corrected chi connectivity index (χ1v) is 8.02. The molecule has 5 nitrogen and oxygen atoms in total. The maximum absolute atomic E-state index is 13.3. The van der Waals surface area contributed by atoms with E-state index in [-0.39, 0.29) is 11.5 Å². The Bertz CT molecular complexity index is 531. The summed E-state index contributed by atoms with van der Waals surface area (Å²) in [4.78, 5) is 17.0. The lowest BCUT2D eigenvalue weighted by Gasteiger charge is -2.33. The first kappa shape index (κ1) is 17.7. The third-order valence-electron chi connectivity index (χ3n) is 4.18. The van der Waals surface area contributed by atoms with Crippen LogP contribution in [0.4, 0.5) is 4.39 Å². The van der Waals surface area contributed by atoms with E-state index in [0.717, 1.165) is 32.7 Å². The van der Waals surface area contributed by atoms with Crippen molar-refractivity contribution in [2.45, 2.75) is 6.92 Å². The van der Waals surface area contributed by atoms with Gasteiger partial charge in [0.05, 0.1) is 12.7 Å². The summed E-state index contributed by atoms with van der Waals surface area (Å²) in [6, 6.07) is 3.96. The molecule has 1 atom stereocenters. The standard InChI is InChI=1S/C17H26FN3O2/c1-13(12-21-8-6-20(2)7-9-21)11-19-17(22)15-10-14(18)4-5-16(15)23-3/h4-5,10,13H,6-9,11-12H2,1-3H3,(H,19,22). The molecule has 1 aliphatic heterocycles. The van der Waals surface area contributed by atoms with E-state index in [9.17, 15) is 9.18 Å². The highest BCUT2D eigenvalue weighted by atomic mass is 19.1. The summed E-state index contributed by atoms with van der Waals surface area (Å²) in [5.41, 5.74) is 0.235. The minimum absolute atomic E-state index is 0.235. The molecule has 6 heteroatoms. The van der Waals surface area contributed by atoms with Crippen molar-refractivity contribution in [3.05, 3.63) is 29.6 Å². The van der Waals surface area contributed by atoms with Crippen LogP contribution in [0.15, 0.2) is 18.2 Å². The van der Waals surface area contributed by atoms with Crippen LogP contribution in [-0.2, 0) is 0 Å². The van der Waals surface area contributed by atoms with Gasteiger partial charge in [-0.2, -0.15) is 0 Å². The van der Waals surface area contributed by atoms with Gasteiger partial charge in [-0.25, -0.2) is 4.39 Å². The van der Waals surface area contributed by atoms with Crippen LogP contribution < -0.4 is 10.1 Å². The zero-order chi connectivity index (χ0) is 16.8. The lowest BCUT2D eigenvalue weighted by atomic mass is 10.1. The van der Waals surface area contributed by atoms with E-state index < -0.39 is 5.82 Å². The number of methoxy groups -OCH3 is 1. The molecular formula is C17H26FN3O2. The molecular weight excluding hydrogens is 297 g/mol. The molecule has 128 valence electrons. The number of nitrogens with zero attached hydrogens (tertiary/aromatic N) is 2. The van der Waals surface area contributed by atoms with Crippen molar-refractivity contribution in [2.24, 2.45) is 5.92 Å². The summed E-state index contributed by atoms with van der Waals surface area (Å²) in [6.45, 7) is 7.92. The third-order valence-corrected chi connectivity index (χ3v) is 4.18. The van der Waals surface area contributed by atoms with Gasteiger partial charge in [-0.3, -0.25) is 4.79 Å². The number of hydrogen-bond donors (Lipinski definition) is 1. The molecule has 1 heterocycles. The molecule has 1 saturated heterocycles. The molecule has 2 rings (SSSR count). The number of carbonyl (C=O) groups excluding carboxylic acids is 1. The molecule has 0 radical (unpaired) electrons. The van der Waals surface area contributed by atoms with Crippen molar-refractivity contribution < 1.29 is 13.9 Å². The molecule has 0 bridgehead atoms. The summed E-state index contributed by atoms with van der Waals surface area (Å²) in [7, 11) is 3.60. The molecule has 1 fully saturated rings. The normalized spacial score (nSPS) is 17.7. The lowest BCUT2D eigenvalue weighted by molar-refractivity contribution is 0.0934. The Morgan fingerprint density at radius 2 is 2.04 bits per heavy atom. The predicted molar refractivity (Wildman–Crippen MR) is 88.4 cm³/mol. The maximum atomic E-state index is 13.3. The smallest absolute Gasteiger partial charge is 0.255 e. The number of hydrogen-bond acceptors (Lipinski definition) is 4. The van der Waals surface area contributed by atoms with Crippen molar-refractivity contribution in [1.82, 2.24) is 15.1 Å². The van der Waals surface area contributed by atoms with Gasteiger partial charge >= 0.3 is 0 Å². The van der Waals surface area contributed by atoms with Gasteiger partial charge in [0.1, 0.15) is 11.6 Å². The fourth-order valence-electron chi connectivity index (χ4n) is 2.76. The van der Waals surface area contributed by atoms with Gasteiger partial charge in [0.2, 0.25) is 0 Å². The first-order chi connectivity index (χ1) is 11.0. The summed E-state index contributed by atoms with van der Waals surface area (Å²) in [6.07, 6.45) is 0. The summed E-state index contributed by atoms with van der Waals surface area (Å²) >= 11 is 0. The van der Waals surface area contributed by atoms with E-state index in [0.29, 0.717) is 18.2 Å². The molecule has 1 N–H and O–H groups in total. The molecule has 1 amide bonds. The molecule has 0 aliphatic carbocycles. The Labute approximate surface area is 137 Å². The SMILES string of the molecule is COc1ccc(F)cc1C(=O)NCC(C)CN1CCN(C)CC1. The largest absolute Gasteiger partial charge is 0.496 e. The number of rotatable bonds is 6. The molecule has 1 aromatic rings. The molecule has 0 spiro atoms. The predicted octanol–water partition coefficient (Wildman–Crippen LogP) is 1.45. The summed E-state index contributed by atoms with van der Waals surface area (Å²) in [5, 5.41) is 2.88. The Morgan fingerprint density at radius 1 is 1.35 bits per heavy atom. The van der Waals surface area contributed by atoms with Crippen LogP contribution in [0.2, 0.25) is 0 Å². The molecule has 1 unspecified atom stereocenters. The van der Waals surface area contributed by atoms with Crippen LogP contribution in [0.5, 0.6) is 5.75 Å². The summed E-state index contributed by atoms with van der Waals surface area (Å²) in [5.74, 6) is -0.0226. The van der Waals surface area contributed by atoms with Gasteiger partial charge in [-0.15, -0.1) is 0 Å². The van der Waals surface area contributed by atoms with Crippen LogP contribution in [0.1, 0.15) is 17.3 Å². The zero-order valence-electron chi connectivity index (χ0n) is 14.1. The van der Waals surface area contributed by atoms with E-state index in [1.54, 1.807) is 0 Å². The highest BCUT2D eigenvalue weighted by Gasteiger charge is 2.18. The maximum Gasteiger partial charge on any atom is 0.255 e. The van der Waals surface area contributed by atoms with E-state index >= 15 is 0 Å². The fraction of sp³-hybridized carbons (Fsp3) is 0.588. The number of benzene rings is 1. The van der Waals surface area contributed by atoms with E-state index in [1.165, 1.54) is 25.3 Å². The Kier molecular flexibility index (Phi) is 6.36. The van der Waals surface area contributed by atoms with Crippen molar-refractivity contribution in [2.75, 3.05) is 53.4 Å². The van der Waals surface area contributed by atoms with E-state index in [2.05, 4.69) is 29.1 Å². The molecule has 1 aromatic carbocycles. The highest BCUT2D eigenvalue weighted by Crippen LogP contribution is 2.19. The second kappa shape index (κ2) is 8.26. The third kappa shape index (κ3) is 5.18. The van der Waals surface area contributed by atoms with Crippen LogP contribution in [0.3, 0.4) is 0 Å². The van der Waals surface area contributed by atoms with Crippen LogP contribution in [0.25, 0.3) is 0 Å². The molecule has 23 heavy (non-hydrogen) atoms. The van der Waals surface area contributed by atoms with Crippen LogP contribution in [-0.4, -0.2) is 69.1 Å². The first-order valence-electron chi connectivity index (χ1n) is 8.02. The van der Waals surface area contributed by atoms with Crippen molar-refractivity contribution in [3.8, 4) is 5.75 Å². The Balaban J connectivity index is 1.83. The van der Waals surface area contributed by atoms with Gasteiger partial charge in [-0.1, -0.05) is 6.92 Å². The van der Waals surface area contributed by atoms with Gasteiger partial charge in [0.25, 0.3) is 5.91 Å². The average Bonchev–Trinajstić information content (AvgIpc) is 2.54. The molecule has 0 saturated carbocycles. The van der Waals surface area contributed by atoms with Crippen molar-refractivity contribution >= 4 is 5.91 Å². The minimum Gasteiger partial charge on any atom is -0.496 e. The van der Waals surface area contributed by atoms with Crippen molar-refractivity contribution in [3.63, 3.8) is 0 Å². The van der Waals surface area contributed by atoms with Gasteiger partial charge in [0.15, 0.2) is 0 Å². The Morgan fingerprint density at radius 3 is 2.70 bits per heavy atom. The number of likely N-dealkylation sites (N-methyl/N-ethyl adjacent to an activating group) is 1. The van der Waals surface area contributed by atoms with Gasteiger partial charge in [0, 0.05) is 39.3 Å². The summed E-state index contributed by atoms with van der Waals surface area (Å²) < 4.78 is 18.5. The Hall–Kier alpha value is -1.66. The van der Waals surface area contributed by atoms with Crippen molar-refractivity contribution in [1.29, 1.82) is 0 Å². The number of nitrogens with one attached hydrogen (secondary N) is 1. The highest BCUT2D eigenvalue weighted by molar-refractivity contribution is 5.96. The van der Waals surface area contributed by atoms with Crippen LogP contribution in [0, 0.1) is 11.7 Å². The second-order valence-corrected chi connectivity index (χ2v) is 6.26. The number of amides is 1. The number of ether oxygens (including phenoxy) is 1. The second-order valence-electron chi connectivity index (χ2n) is 6.26. The quantitative estimate of drug-likeness (QED) is 0.861. The molecule has 0 aromatic heterocycles. The van der Waals surface area contributed by atoms with E-state index in [4.69, 9.17) is 4.74 Å². The number of carbonyl (C=O) groups is 1. The fourth-order valence-corrected chi connectivity index (χ4v) is 2.76. The average molecular weight is 323 g/mol. The monoisotopic (exact) mass is 323 g/mol. The zero-order valence-corrected chi connectivity index (χ0v) is 14.1. The lowest BCUT2D eigenvalue weighted by Crippen LogP contribution is -2.46. The van der Waals surface area contributed by atoms with Gasteiger partial charge in [-0.05, 0) is 31.2 Å². The number of halogens is 1. The van der Waals surface area contributed by atoms with Crippen LogP contribution >= 0.6 is 0 Å². The topological polar surface area (TPSA) is 44.8 Å². The number of piperazine rings is 1.